The number of ether oxygens (including phenoxy) is 4. The van der Waals surface area contributed by atoms with Gasteiger partial charge < -0.3 is 18.9 Å². The van der Waals surface area contributed by atoms with Gasteiger partial charge in [0.05, 0.1) is 27.9 Å². The van der Waals surface area contributed by atoms with Crippen molar-refractivity contribution in [2.24, 2.45) is 0 Å². The molecule has 102 valence electrons. The molecule has 0 spiro atoms. The van der Waals surface area contributed by atoms with Crippen LogP contribution in [0, 0.1) is 0 Å². The molecule has 0 fully saturated rings. The molecule has 0 aliphatic rings. The van der Waals surface area contributed by atoms with Crippen molar-refractivity contribution in [3.8, 4) is 17.2 Å². The zero-order chi connectivity index (χ0) is 13.5. The summed E-state index contributed by atoms with van der Waals surface area (Å²) in [7, 11) is 6.53. The summed E-state index contributed by atoms with van der Waals surface area (Å²) in [6, 6.07) is 1.94. The summed E-state index contributed by atoms with van der Waals surface area (Å²) in [5.74, 6) is 2.84. The van der Waals surface area contributed by atoms with Crippen LogP contribution in [0.1, 0.15) is 11.1 Å². The van der Waals surface area contributed by atoms with Crippen LogP contribution in [0.3, 0.4) is 0 Å². The predicted octanol–water partition coefficient (Wildman–Crippen LogP) is 2.72. The van der Waals surface area contributed by atoms with Crippen LogP contribution in [0.4, 0.5) is 0 Å². The van der Waals surface area contributed by atoms with Crippen molar-refractivity contribution in [2.45, 2.75) is 12.4 Å². The summed E-state index contributed by atoms with van der Waals surface area (Å²) in [6.45, 7) is 0.520. The topological polar surface area (TPSA) is 36.9 Å². The van der Waals surface area contributed by atoms with Gasteiger partial charge in [0.2, 0.25) is 5.75 Å². The third kappa shape index (κ3) is 3.03. The number of methoxy groups -OCH3 is 4. The van der Waals surface area contributed by atoms with E-state index in [-0.39, 0.29) is 0 Å². The highest BCUT2D eigenvalue weighted by molar-refractivity contribution is 7.97. The number of hydrogen-bond donors (Lipinski definition) is 0. The third-order valence-electron chi connectivity index (χ3n) is 2.61. The van der Waals surface area contributed by atoms with Gasteiger partial charge in [-0.2, -0.15) is 11.8 Å². The molecule has 0 radical (unpaired) electrons. The summed E-state index contributed by atoms with van der Waals surface area (Å²) < 4.78 is 21.4. The summed E-state index contributed by atoms with van der Waals surface area (Å²) in [4.78, 5) is 0. The highest BCUT2D eigenvalue weighted by Crippen LogP contribution is 2.43. The first-order chi connectivity index (χ1) is 8.73. The van der Waals surface area contributed by atoms with Crippen LogP contribution in [-0.4, -0.2) is 34.7 Å². The minimum Gasteiger partial charge on any atom is -0.493 e. The van der Waals surface area contributed by atoms with Gasteiger partial charge in [-0.05, 0) is 17.9 Å². The van der Waals surface area contributed by atoms with Gasteiger partial charge in [-0.1, -0.05) is 0 Å². The molecule has 0 bridgehead atoms. The fourth-order valence-electron chi connectivity index (χ4n) is 1.85. The monoisotopic (exact) mass is 272 g/mol. The largest absolute Gasteiger partial charge is 0.493 e. The van der Waals surface area contributed by atoms with Crippen molar-refractivity contribution in [1.29, 1.82) is 0 Å². The fourth-order valence-corrected chi connectivity index (χ4v) is 2.46. The second-order valence-corrected chi connectivity index (χ2v) is 4.52. The minimum atomic E-state index is 0.520. The van der Waals surface area contributed by atoms with Crippen LogP contribution in [0.2, 0.25) is 0 Å². The molecule has 0 N–H and O–H groups in total. The van der Waals surface area contributed by atoms with Crippen molar-refractivity contribution >= 4 is 11.8 Å². The van der Waals surface area contributed by atoms with Crippen LogP contribution in [0.25, 0.3) is 0 Å². The molecule has 18 heavy (non-hydrogen) atoms. The summed E-state index contributed by atoms with van der Waals surface area (Å²) >= 11 is 1.73. The van der Waals surface area contributed by atoms with E-state index < -0.39 is 0 Å². The Morgan fingerprint density at radius 2 is 1.67 bits per heavy atom. The zero-order valence-corrected chi connectivity index (χ0v) is 12.3. The molecule has 0 unspecified atom stereocenters. The fraction of sp³-hybridized carbons (Fsp3) is 0.538. The predicted molar refractivity (Wildman–Crippen MR) is 74.0 cm³/mol. The summed E-state index contributed by atoms with van der Waals surface area (Å²) in [5.41, 5.74) is 2.14. The first-order valence-electron chi connectivity index (χ1n) is 5.52. The Bertz CT molecular complexity index is 393. The van der Waals surface area contributed by atoms with E-state index >= 15 is 0 Å². The normalized spacial score (nSPS) is 10.3. The van der Waals surface area contributed by atoms with E-state index in [1.165, 1.54) is 0 Å². The molecule has 0 saturated heterocycles. The Balaban J connectivity index is 3.41. The first kappa shape index (κ1) is 15.0. The number of thioether (sulfide) groups is 1. The van der Waals surface area contributed by atoms with E-state index in [0.717, 1.165) is 22.6 Å². The van der Waals surface area contributed by atoms with Crippen molar-refractivity contribution in [1.82, 2.24) is 0 Å². The lowest BCUT2D eigenvalue weighted by atomic mass is 10.1. The molecular weight excluding hydrogens is 252 g/mol. The average molecular weight is 272 g/mol. The lowest BCUT2D eigenvalue weighted by Crippen LogP contribution is -2.03. The zero-order valence-electron chi connectivity index (χ0n) is 11.5. The van der Waals surface area contributed by atoms with Gasteiger partial charge in [0.1, 0.15) is 0 Å². The average Bonchev–Trinajstić information content (AvgIpc) is 2.39. The van der Waals surface area contributed by atoms with E-state index in [1.54, 1.807) is 40.2 Å². The molecule has 0 aromatic heterocycles. The Hall–Kier alpha value is -1.07. The Kier molecular flexibility index (Phi) is 6.15. The highest BCUT2D eigenvalue weighted by Gasteiger charge is 2.19. The molecule has 0 amide bonds. The van der Waals surface area contributed by atoms with Gasteiger partial charge >= 0.3 is 0 Å². The van der Waals surface area contributed by atoms with Crippen molar-refractivity contribution in [2.75, 3.05) is 34.7 Å². The quantitative estimate of drug-likeness (QED) is 0.763. The van der Waals surface area contributed by atoms with Gasteiger partial charge in [0.25, 0.3) is 0 Å². The molecule has 5 heteroatoms. The van der Waals surface area contributed by atoms with E-state index in [1.807, 2.05) is 12.3 Å². The molecule has 0 atom stereocenters. The molecule has 1 aromatic carbocycles. The molecule has 1 rings (SSSR count). The SMILES string of the molecule is COCc1cc(OC)c(OC)c(OC)c1CSC. The van der Waals surface area contributed by atoms with Crippen LogP contribution >= 0.6 is 11.8 Å². The van der Waals surface area contributed by atoms with Gasteiger partial charge in [-0.3, -0.25) is 0 Å². The van der Waals surface area contributed by atoms with Gasteiger partial charge in [0, 0.05) is 18.4 Å². The molecule has 0 saturated carbocycles. The Morgan fingerprint density at radius 1 is 1.00 bits per heavy atom. The summed E-state index contributed by atoms with van der Waals surface area (Å²) in [6.07, 6.45) is 2.05. The number of rotatable bonds is 7. The van der Waals surface area contributed by atoms with Gasteiger partial charge in [0.15, 0.2) is 11.5 Å². The second-order valence-electron chi connectivity index (χ2n) is 3.65. The molecule has 0 aliphatic carbocycles. The maximum Gasteiger partial charge on any atom is 0.203 e. The van der Waals surface area contributed by atoms with Crippen LogP contribution < -0.4 is 14.2 Å². The maximum absolute atomic E-state index is 5.48. The van der Waals surface area contributed by atoms with E-state index in [2.05, 4.69) is 0 Å². The molecule has 0 heterocycles. The van der Waals surface area contributed by atoms with Crippen LogP contribution in [0.15, 0.2) is 6.07 Å². The van der Waals surface area contributed by atoms with Crippen LogP contribution in [0.5, 0.6) is 17.2 Å². The number of hydrogen-bond acceptors (Lipinski definition) is 5. The van der Waals surface area contributed by atoms with E-state index in [0.29, 0.717) is 18.1 Å². The highest BCUT2D eigenvalue weighted by atomic mass is 32.2. The second kappa shape index (κ2) is 7.38. The van der Waals surface area contributed by atoms with Gasteiger partial charge in [-0.25, -0.2) is 0 Å². The standard InChI is InChI=1S/C13H20O4S/c1-14-7-9-6-11(15-2)13(17-4)12(16-3)10(9)8-18-5/h6H,7-8H2,1-5H3. The Morgan fingerprint density at radius 3 is 2.11 bits per heavy atom. The molecule has 0 aliphatic heterocycles. The van der Waals surface area contributed by atoms with Crippen molar-refractivity contribution in [3.63, 3.8) is 0 Å². The molecular formula is C13H20O4S. The third-order valence-corrected chi connectivity index (χ3v) is 3.19. The van der Waals surface area contributed by atoms with Gasteiger partial charge in [-0.15, -0.1) is 0 Å². The van der Waals surface area contributed by atoms with Crippen LogP contribution in [-0.2, 0) is 17.1 Å². The van der Waals surface area contributed by atoms with Crippen molar-refractivity contribution < 1.29 is 18.9 Å². The smallest absolute Gasteiger partial charge is 0.203 e. The molecule has 1 aromatic rings. The lowest BCUT2D eigenvalue weighted by molar-refractivity contribution is 0.183. The first-order valence-corrected chi connectivity index (χ1v) is 6.91. The maximum atomic E-state index is 5.48. The van der Waals surface area contributed by atoms with E-state index in [9.17, 15) is 0 Å². The van der Waals surface area contributed by atoms with E-state index in [4.69, 9.17) is 18.9 Å². The van der Waals surface area contributed by atoms with Crippen molar-refractivity contribution in [3.05, 3.63) is 17.2 Å². The number of benzene rings is 1. The molecule has 4 nitrogen and oxygen atoms in total. The lowest BCUT2D eigenvalue weighted by Gasteiger charge is -2.19. The Labute approximate surface area is 113 Å². The summed E-state index contributed by atoms with van der Waals surface area (Å²) in [5, 5.41) is 0. The minimum absolute atomic E-state index is 0.520.